The van der Waals surface area contributed by atoms with Gasteiger partial charge in [0.05, 0.1) is 5.56 Å². The Labute approximate surface area is 194 Å². The summed E-state index contributed by atoms with van der Waals surface area (Å²) in [4.78, 5) is 0. The van der Waals surface area contributed by atoms with Crippen molar-refractivity contribution in [3.05, 3.63) is 77.1 Å². The maximum atomic E-state index is 15.1. The molecule has 0 unspecified atom stereocenters. The Kier molecular flexibility index (Phi) is 7.60. The second kappa shape index (κ2) is 10.8. The molecule has 0 saturated heterocycles. The lowest BCUT2D eigenvalue weighted by molar-refractivity contribution is -0.0498. The van der Waals surface area contributed by atoms with Crippen molar-refractivity contribution < 1.29 is 17.9 Å². The van der Waals surface area contributed by atoms with Gasteiger partial charge in [-0.2, -0.15) is 8.78 Å². The van der Waals surface area contributed by atoms with Crippen LogP contribution in [-0.4, -0.2) is 6.61 Å². The van der Waals surface area contributed by atoms with Gasteiger partial charge in [0.15, 0.2) is 0 Å². The van der Waals surface area contributed by atoms with Crippen molar-refractivity contribution in [2.24, 2.45) is 11.8 Å². The molecule has 33 heavy (non-hydrogen) atoms. The molecule has 0 bridgehead atoms. The smallest absolute Gasteiger partial charge is 0.387 e. The summed E-state index contributed by atoms with van der Waals surface area (Å²) in [5.41, 5.74) is 2.17. The average Bonchev–Trinajstić information content (AvgIpc) is 2.83. The first-order chi connectivity index (χ1) is 16.0. The number of halogens is 3. The number of benzene rings is 3. The van der Waals surface area contributed by atoms with Crippen LogP contribution in [0.25, 0.3) is 10.8 Å². The minimum absolute atomic E-state index is 0.0666. The molecule has 1 nitrogen and oxygen atoms in total. The molecule has 0 spiro atoms. The summed E-state index contributed by atoms with van der Waals surface area (Å²) >= 11 is 0. The van der Waals surface area contributed by atoms with E-state index in [0.717, 1.165) is 23.6 Å². The first-order valence-corrected chi connectivity index (χ1v) is 11.8. The van der Waals surface area contributed by atoms with Gasteiger partial charge in [0.25, 0.3) is 0 Å². The molecule has 0 aliphatic heterocycles. The standard InChI is InChI=1S/C29H29F3O/c1-2-20-3-5-21(6-4-20)7-8-23-12-18-27-25(19-23)15-14-24(28(27)30)13-9-22-10-16-26(17-11-22)33-29(31)32/h10-12,14-21,29H,2-8H2,1H3. The third kappa shape index (κ3) is 6.11. The highest BCUT2D eigenvalue weighted by Crippen LogP contribution is 2.33. The third-order valence-electron chi connectivity index (χ3n) is 6.82. The molecule has 0 atom stereocenters. The lowest BCUT2D eigenvalue weighted by Gasteiger charge is -2.27. The molecule has 1 aliphatic rings. The Morgan fingerprint density at radius 3 is 2.33 bits per heavy atom. The van der Waals surface area contributed by atoms with Gasteiger partial charge in [0.2, 0.25) is 0 Å². The maximum Gasteiger partial charge on any atom is 0.387 e. The van der Waals surface area contributed by atoms with Gasteiger partial charge >= 0.3 is 6.61 Å². The molecule has 0 radical (unpaired) electrons. The van der Waals surface area contributed by atoms with Gasteiger partial charge in [-0.05, 0) is 66.0 Å². The maximum absolute atomic E-state index is 15.1. The number of rotatable bonds is 6. The zero-order valence-corrected chi connectivity index (χ0v) is 18.9. The Morgan fingerprint density at radius 1 is 0.909 bits per heavy atom. The summed E-state index contributed by atoms with van der Waals surface area (Å²) in [7, 11) is 0. The van der Waals surface area contributed by atoms with Crippen molar-refractivity contribution in [3.63, 3.8) is 0 Å². The second-order valence-corrected chi connectivity index (χ2v) is 8.97. The molecule has 1 aliphatic carbocycles. The SMILES string of the molecule is CCC1CCC(CCc2ccc3c(F)c(C#Cc4ccc(OC(F)F)cc4)ccc3c2)CC1. The van der Waals surface area contributed by atoms with Crippen molar-refractivity contribution in [1.29, 1.82) is 0 Å². The van der Waals surface area contributed by atoms with Crippen LogP contribution in [0.5, 0.6) is 5.75 Å². The van der Waals surface area contributed by atoms with Gasteiger partial charge in [-0.25, -0.2) is 4.39 Å². The predicted octanol–water partition coefficient (Wildman–Crippen LogP) is 8.13. The molecular formula is C29H29F3O. The highest BCUT2D eigenvalue weighted by Gasteiger charge is 2.19. The van der Waals surface area contributed by atoms with E-state index < -0.39 is 6.61 Å². The minimum atomic E-state index is -2.87. The Hall–Kier alpha value is -2.93. The van der Waals surface area contributed by atoms with Gasteiger partial charge in [-0.15, -0.1) is 0 Å². The molecule has 3 aromatic carbocycles. The van der Waals surface area contributed by atoms with Crippen molar-refractivity contribution in [2.45, 2.75) is 58.5 Å². The lowest BCUT2D eigenvalue weighted by Crippen LogP contribution is -2.14. The Bertz CT molecular complexity index is 1130. The van der Waals surface area contributed by atoms with Crippen LogP contribution in [0.15, 0.2) is 54.6 Å². The molecule has 0 amide bonds. The number of aryl methyl sites for hydroxylation is 1. The van der Waals surface area contributed by atoms with Crippen molar-refractivity contribution in [2.75, 3.05) is 0 Å². The largest absolute Gasteiger partial charge is 0.435 e. The summed E-state index contributed by atoms with van der Waals surface area (Å²) in [6, 6.07) is 15.6. The zero-order chi connectivity index (χ0) is 23.2. The summed E-state index contributed by atoms with van der Waals surface area (Å²) in [5.74, 6) is 7.21. The van der Waals surface area contributed by atoms with Crippen LogP contribution in [0.4, 0.5) is 13.2 Å². The number of hydrogen-bond acceptors (Lipinski definition) is 1. The molecule has 3 aromatic rings. The van der Waals surface area contributed by atoms with E-state index in [1.165, 1.54) is 56.2 Å². The van der Waals surface area contributed by atoms with Gasteiger partial charge in [0.1, 0.15) is 11.6 Å². The molecular weight excluding hydrogens is 421 g/mol. The minimum Gasteiger partial charge on any atom is -0.435 e. The van der Waals surface area contributed by atoms with Gasteiger partial charge in [0, 0.05) is 10.9 Å². The molecule has 1 saturated carbocycles. The molecule has 0 heterocycles. The van der Waals surface area contributed by atoms with E-state index in [2.05, 4.69) is 29.6 Å². The number of ether oxygens (including phenoxy) is 1. The molecule has 1 fully saturated rings. The highest BCUT2D eigenvalue weighted by atomic mass is 19.3. The fourth-order valence-corrected chi connectivity index (χ4v) is 4.75. The van der Waals surface area contributed by atoms with Crippen LogP contribution in [0.3, 0.4) is 0 Å². The Morgan fingerprint density at radius 2 is 1.64 bits per heavy atom. The van der Waals surface area contributed by atoms with Crippen LogP contribution in [-0.2, 0) is 6.42 Å². The highest BCUT2D eigenvalue weighted by molar-refractivity contribution is 5.85. The average molecular weight is 451 g/mol. The van der Waals surface area contributed by atoms with Gasteiger partial charge < -0.3 is 4.74 Å². The van der Waals surface area contributed by atoms with E-state index in [4.69, 9.17) is 0 Å². The van der Waals surface area contributed by atoms with Gasteiger partial charge in [-0.1, -0.05) is 75.1 Å². The number of hydrogen-bond donors (Lipinski definition) is 0. The third-order valence-corrected chi connectivity index (χ3v) is 6.82. The summed E-state index contributed by atoms with van der Waals surface area (Å²) in [6.45, 7) is -0.572. The first-order valence-electron chi connectivity index (χ1n) is 11.8. The summed E-state index contributed by atoms with van der Waals surface area (Å²) in [6.07, 6.45) is 8.94. The lowest BCUT2D eigenvalue weighted by atomic mass is 9.78. The summed E-state index contributed by atoms with van der Waals surface area (Å²) in [5, 5.41) is 1.45. The van der Waals surface area contributed by atoms with Crippen molar-refractivity contribution in [1.82, 2.24) is 0 Å². The van der Waals surface area contributed by atoms with E-state index in [9.17, 15) is 8.78 Å². The normalized spacial score (nSPS) is 18.2. The quantitative estimate of drug-likeness (QED) is 0.345. The van der Waals surface area contributed by atoms with Gasteiger partial charge in [-0.3, -0.25) is 0 Å². The van der Waals surface area contributed by atoms with E-state index >= 15 is 4.39 Å². The van der Waals surface area contributed by atoms with Crippen molar-refractivity contribution in [3.8, 4) is 17.6 Å². The predicted molar refractivity (Wildman–Crippen MR) is 127 cm³/mol. The molecule has 4 rings (SSSR count). The van der Waals surface area contributed by atoms with Crippen LogP contribution in [0.1, 0.15) is 62.1 Å². The second-order valence-electron chi connectivity index (χ2n) is 8.97. The topological polar surface area (TPSA) is 9.23 Å². The first kappa shape index (κ1) is 23.2. The number of alkyl halides is 2. The van der Waals surface area contributed by atoms with Crippen molar-refractivity contribution >= 4 is 10.8 Å². The number of fused-ring (bicyclic) bond motifs is 1. The molecule has 172 valence electrons. The van der Waals surface area contributed by atoms with Crippen LogP contribution < -0.4 is 4.74 Å². The summed E-state index contributed by atoms with van der Waals surface area (Å²) < 4.78 is 43.9. The van der Waals surface area contributed by atoms with Crippen LogP contribution >= 0.6 is 0 Å². The fourth-order valence-electron chi connectivity index (χ4n) is 4.75. The molecule has 0 N–H and O–H groups in total. The zero-order valence-electron chi connectivity index (χ0n) is 18.9. The Balaban J connectivity index is 1.42. The molecule has 4 heteroatoms. The van der Waals surface area contributed by atoms with E-state index in [0.29, 0.717) is 16.5 Å². The van der Waals surface area contributed by atoms with E-state index in [1.54, 1.807) is 18.2 Å². The van der Waals surface area contributed by atoms with E-state index in [-0.39, 0.29) is 11.6 Å². The monoisotopic (exact) mass is 450 g/mol. The van der Waals surface area contributed by atoms with E-state index in [1.807, 2.05) is 18.2 Å². The van der Waals surface area contributed by atoms with Crippen LogP contribution in [0.2, 0.25) is 0 Å². The fraction of sp³-hybridized carbons (Fsp3) is 0.379. The van der Waals surface area contributed by atoms with Crippen LogP contribution in [0, 0.1) is 29.5 Å². The molecule has 0 aromatic heterocycles.